The van der Waals surface area contributed by atoms with Crippen LogP contribution in [0.25, 0.3) is 0 Å². The van der Waals surface area contributed by atoms with E-state index in [1.165, 1.54) is 103 Å². The van der Waals surface area contributed by atoms with Gasteiger partial charge in [0, 0.05) is 19.3 Å². The molecule has 0 spiro atoms. The first-order chi connectivity index (χ1) is 35.0. The van der Waals surface area contributed by atoms with E-state index >= 15 is 0 Å². The summed E-state index contributed by atoms with van der Waals surface area (Å²) < 4.78 is 16.8. The van der Waals surface area contributed by atoms with E-state index in [2.05, 4.69) is 130 Å². The Morgan fingerprint density at radius 1 is 0.296 bits per heavy atom. The molecule has 0 bridgehead atoms. The number of hydrogen-bond acceptors (Lipinski definition) is 6. The van der Waals surface area contributed by atoms with Gasteiger partial charge in [-0.05, 0) is 116 Å². The van der Waals surface area contributed by atoms with Gasteiger partial charge >= 0.3 is 17.9 Å². The number of hydrogen-bond donors (Lipinski definition) is 0. The van der Waals surface area contributed by atoms with Gasteiger partial charge in [0.2, 0.25) is 0 Å². The van der Waals surface area contributed by atoms with Gasteiger partial charge < -0.3 is 14.2 Å². The normalized spacial score (nSPS) is 12.9. The van der Waals surface area contributed by atoms with Gasteiger partial charge in [-0.15, -0.1) is 0 Å². The number of unbranched alkanes of at least 4 members (excludes halogenated alkanes) is 23. The second kappa shape index (κ2) is 58.6. The van der Waals surface area contributed by atoms with Gasteiger partial charge in [-0.1, -0.05) is 239 Å². The summed E-state index contributed by atoms with van der Waals surface area (Å²) in [4.78, 5) is 38.2. The molecule has 0 heterocycles. The molecule has 0 amide bonds. The summed E-state index contributed by atoms with van der Waals surface area (Å²) in [7, 11) is 0. The highest BCUT2D eigenvalue weighted by molar-refractivity contribution is 5.71. The van der Waals surface area contributed by atoms with Crippen molar-refractivity contribution in [3.63, 3.8) is 0 Å². The SMILES string of the molecule is CC/C=C\C/C=C\C/C=C\C/C=C\C/C=C\CCCC(=O)OC(COC(=O)CCCCCCC/C=C\C/C=C\C/C=C\CC)COC(=O)CCCCCCCCCCC/C=C\CCCCCCCCCC. The third-order valence-corrected chi connectivity index (χ3v) is 12.2. The Morgan fingerprint density at radius 2 is 0.563 bits per heavy atom. The zero-order valence-corrected chi connectivity index (χ0v) is 46.2. The third-order valence-electron chi connectivity index (χ3n) is 12.2. The minimum absolute atomic E-state index is 0.108. The molecule has 0 saturated heterocycles. The number of esters is 3. The monoisotopic (exact) mass is 985 g/mol. The molecule has 0 aliphatic heterocycles. The maximum atomic E-state index is 12.8. The molecule has 6 nitrogen and oxygen atoms in total. The summed E-state index contributed by atoms with van der Waals surface area (Å²) in [5, 5.41) is 0. The van der Waals surface area contributed by atoms with Crippen LogP contribution in [-0.4, -0.2) is 37.2 Å². The zero-order chi connectivity index (χ0) is 51.4. The summed E-state index contributed by atoms with van der Waals surface area (Å²) in [5.41, 5.74) is 0. The van der Waals surface area contributed by atoms with Crippen LogP contribution in [0, 0.1) is 0 Å². The molecule has 0 aliphatic rings. The Hall–Kier alpha value is -3.93. The summed E-state index contributed by atoms with van der Waals surface area (Å²) in [6, 6.07) is 0. The fraction of sp³-hybridized carbons (Fsp3) is 0.677. The fourth-order valence-corrected chi connectivity index (χ4v) is 7.90. The van der Waals surface area contributed by atoms with E-state index in [0.717, 1.165) is 116 Å². The standard InChI is InChI=1S/C65H108O6/c1-4-7-10-13-16-19-22-25-28-30-31-32-33-35-37-40-43-46-49-52-55-58-64(67)70-61-62(60-69-63(66)57-54-51-48-45-42-39-36-27-24-21-18-15-12-9-6-3)71-65(68)59-56-53-50-47-44-41-38-34-29-26-23-20-17-14-11-8-5-2/h8-9,11-12,17-18,20-21,26-27,29-31,36,38,41,47,50,62H,4-7,10,13-16,19,22-25,28,32-35,37,39-40,42-46,48-49,51-61H2,1-3H3/b11-8-,12-9-,20-17-,21-18-,29-26-,31-30-,36-27-,41-38-,50-47-. The molecule has 0 N–H and O–H groups in total. The Balaban J connectivity index is 4.46. The average molecular weight is 986 g/mol. The Kier molecular flexibility index (Phi) is 55.4. The topological polar surface area (TPSA) is 78.9 Å². The van der Waals surface area contributed by atoms with Gasteiger partial charge in [-0.3, -0.25) is 14.4 Å². The molecule has 404 valence electrons. The molecule has 0 radical (unpaired) electrons. The molecule has 0 aromatic carbocycles. The summed E-state index contributed by atoms with van der Waals surface area (Å²) in [5.74, 6) is -0.985. The Morgan fingerprint density at radius 3 is 0.915 bits per heavy atom. The fourth-order valence-electron chi connectivity index (χ4n) is 7.90. The van der Waals surface area contributed by atoms with Crippen LogP contribution in [0.2, 0.25) is 0 Å². The van der Waals surface area contributed by atoms with Crippen molar-refractivity contribution < 1.29 is 28.6 Å². The average Bonchev–Trinajstić information content (AvgIpc) is 3.37. The molecule has 0 aliphatic carbocycles. The van der Waals surface area contributed by atoms with Gasteiger partial charge in [0.15, 0.2) is 6.10 Å². The minimum atomic E-state index is -0.818. The second-order valence-corrected chi connectivity index (χ2v) is 19.1. The lowest BCUT2D eigenvalue weighted by Gasteiger charge is -2.18. The molecule has 0 saturated carbocycles. The minimum Gasteiger partial charge on any atom is -0.462 e. The number of carbonyl (C=O) groups is 3. The van der Waals surface area contributed by atoms with Crippen LogP contribution in [-0.2, 0) is 28.6 Å². The van der Waals surface area contributed by atoms with Gasteiger partial charge in [-0.25, -0.2) is 0 Å². The maximum Gasteiger partial charge on any atom is 0.306 e. The van der Waals surface area contributed by atoms with Gasteiger partial charge in [0.25, 0.3) is 0 Å². The summed E-state index contributed by atoms with van der Waals surface area (Å²) in [6.07, 6.45) is 79.5. The van der Waals surface area contributed by atoms with Crippen LogP contribution in [0.3, 0.4) is 0 Å². The van der Waals surface area contributed by atoms with Gasteiger partial charge in [-0.2, -0.15) is 0 Å². The van der Waals surface area contributed by atoms with E-state index in [4.69, 9.17) is 14.2 Å². The molecule has 1 unspecified atom stereocenters. The van der Waals surface area contributed by atoms with Crippen LogP contribution >= 0.6 is 0 Å². The van der Waals surface area contributed by atoms with Crippen molar-refractivity contribution in [1.29, 1.82) is 0 Å². The van der Waals surface area contributed by atoms with E-state index < -0.39 is 6.10 Å². The van der Waals surface area contributed by atoms with Crippen molar-refractivity contribution in [2.75, 3.05) is 13.2 Å². The number of rotatable bonds is 52. The highest BCUT2D eigenvalue weighted by atomic mass is 16.6. The lowest BCUT2D eigenvalue weighted by atomic mass is 10.1. The predicted molar refractivity (Wildman–Crippen MR) is 307 cm³/mol. The molecule has 6 heteroatoms. The molecule has 0 fully saturated rings. The van der Waals surface area contributed by atoms with Crippen molar-refractivity contribution in [3.8, 4) is 0 Å². The van der Waals surface area contributed by atoms with E-state index in [9.17, 15) is 14.4 Å². The molecular weight excluding hydrogens is 877 g/mol. The highest BCUT2D eigenvalue weighted by Crippen LogP contribution is 2.15. The van der Waals surface area contributed by atoms with Crippen molar-refractivity contribution in [2.24, 2.45) is 0 Å². The molecule has 0 aromatic heterocycles. The largest absolute Gasteiger partial charge is 0.462 e. The first-order valence-corrected chi connectivity index (χ1v) is 29.4. The maximum absolute atomic E-state index is 12.8. The molecule has 71 heavy (non-hydrogen) atoms. The Labute approximate surface area is 438 Å². The quantitative estimate of drug-likeness (QED) is 0.0261. The second-order valence-electron chi connectivity index (χ2n) is 19.1. The predicted octanol–water partition coefficient (Wildman–Crippen LogP) is 19.9. The van der Waals surface area contributed by atoms with E-state index in [1.807, 2.05) is 0 Å². The van der Waals surface area contributed by atoms with E-state index in [-0.39, 0.29) is 37.5 Å². The van der Waals surface area contributed by atoms with Gasteiger partial charge in [0.05, 0.1) is 0 Å². The van der Waals surface area contributed by atoms with Crippen molar-refractivity contribution in [3.05, 3.63) is 109 Å². The molecule has 0 aromatic rings. The van der Waals surface area contributed by atoms with Gasteiger partial charge in [0.1, 0.15) is 13.2 Å². The lowest BCUT2D eigenvalue weighted by molar-refractivity contribution is -0.167. The summed E-state index contributed by atoms with van der Waals surface area (Å²) in [6.45, 7) is 6.36. The van der Waals surface area contributed by atoms with Crippen LogP contribution in [0.1, 0.15) is 265 Å². The Bertz CT molecular complexity index is 1460. The molecule has 1 atom stereocenters. The first-order valence-electron chi connectivity index (χ1n) is 29.4. The van der Waals surface area contributed by atoms with Crippen LogP contribution in [0.15, 0.2) is 109 Å². The zero-order valence-electron chi connectivity index (χ0n) is 46.2. The van der Waals surface area contributed by atoms with Crippen LogP contribution < -0.4 is 0 Å². The first kappa shape index (κ1) is 67.1. The van der Waals surface area contributed by atoms with Crippen LogP contribution in [0.4, 0.5) is 0 Å². The van der Waals surface area contributed by atoms with Crippen molar-refractivity contribution in [2.45, 2.75) is 271 Å². The van der Waals surface area contributed by atoms with E-state index in [1.54, 1.807) is 0 Å². The molecule has 0 rings (SSSR count). The van der Waals surface area contributed by atoms with Crippen molar-refractivity contribution in [1.82, 2.24) is 0 Å². The number of allylic oxidation sites excluding steroid dienone is 18. The smallest absolute Gasteiger partial charge is 0.306 e. The molecular formula is C65H108O6. The van der Waals surface area contributed by atoms with Crippen molar-refractivity contribution >= 4 is 17.9 Å². The third kappa shape index (κ3) is 56.9. The van der Waals surface area contributed by atoms with E-state index in [0.29, 0.717) is 19.3 Å². The van der Waals surface area contributed by atoms with Crippen LogP contribution in [0.5, 0.6) is 0 Å². The number of ether oxygens (including phenoxy) is 3. The number of carbonyl (C=O) groups excluding carboxylic acids is 3. The lowest BCUT2D eigenvalue weighted by Crippen LogP contribution is -2.30. The highest BCUT2D eigenvalue weighted by Gasteiger charge is 2.19. The summed E-state index contributed by atoms with van der Waals surface area (Å²) >= 11 is 0.